The first kappa shape index (κ1) is 18.5. The molecule has 2 rings (SSSR count). The van der Waals surface area contributed by atoms with Crippen molar-refractivity contribution < 1.29 is 27.8 Å². The summed E-state index contributed by atoms with van der Waals surface area (Å²) in [5, 5.41) is 22.7. The van der Waals surface area contributed by atoms with Crippen LogP contribution < -0.4 is 5.32 Å². The van der Waals surface area contributed by atoms with Crippen LogP contribution in [-0.4, -0.2) is 41.9 Å². The van der Waals surface area contributed by atoms with Crippen molar-refractivity contribution >= 4 is 27.3 Å². The summed E-state index contributed by atoms with van der Waals surface area (Å²) in [5.74, 6) is -0.787. The number of nitrogens with one attached hydrogen (secondary N) is 1. The average molecular weight is 366 g/mol. The zero-order valence-electron chi connectivity index (χ0n) is 12.7. The lowest BCUT2D eigenvalue weighted by molar-refractivity contribution is -0.387. The second kappa shape index (κ2) is 7.38. The molecule has 2 aromatic rings. The Morgan fingerprint density at radius 3 is 2.32 bits per heavy atom. The summed E-state index contributed by atoms with van der Waals surface area (Å²) in [6.45, 7) is -0.444. The van der Waals surface area contributed by atoms with Crippen LogP contribution in [0.2, 0.25) is 0 Å². The van der Waals surface area contributed by atoms with Crippen LogP contribution in [0.15, 0.2) is 47.4 Å². The predicted molar refractivity (Wildman–Crippen MR) is 88.4 cm³/mol. The highest BCUT2D eigenvalue weighted by Crippen LogP contribution is 2.35. The Morgan fingerprint density at radius 2 is 1.80 bits per heavy atom. The molecule has 0 unspecified atom stereocenters. The monoisotopic (exact) mass is 366 g/mol. The van der Waals surface area contributed by atoms with Gasteiger partial charge in [-0.05, 0) is 12.1 Å². The maximum absolute atomic E-state index is 12.6. The minimum absolute atomic E-state index is 0.0856. The Bertz CT molecular complexity index is 911. The molecule has 0 aliphatic rings. The van der Waals surface area contributed by atoms with Gasteiger partial charge in [-0.25, -0.2) is 0 Å². The molecule has 0 spiro atoms. The third kappa shape index (κ3) is 3.99. The van der Waals surface area contributed by atoms with Gasteiger partial charge in [0, 0.05) is 12.1 Å². The number of carbonyl (C=O) groups excluding carboxylic acids is 1. The van der Waals surface area contributed by atoms with Gasteiger partial charge in [-0.1, -0.05) is 30.3 Å². The van der Waals surface area contributed by atoms with E-state index >= 15 is 0 Å². The number of aliphatic hydroxyl groups is 1. The van der Waals surface area contributed by atoms with Crippen molar-refractivity contribution in [3.8, 4) is 0 Å². The molecule has 0 heterocycles. The third-order valence-corrected chi connectivity index (χ3v) is 4.21. The summed E-state index contributed by atoms with van der Waals surface area (Å²) in [5.41, 5.74) is -1.61. The Kier molecular flexibility index (Phi) is 5.47. The lowest BCUT2D eigenvalue weighted by atomic mass is 10.0. The van der Waals surface area contributed by atoms with Crippen LogP contribution >= 0.6 is 0 Å². The molecular formula is C15H14N2O7S. The van der Waals surface area contributed by atoms with Crippen molar-refractivity contribution in [1.82, 2.24) is 0 Å². The first-order valence-corrected chi connectivity index (χ1v) is 8.44. The summed E-state index contributed by atoms with van der Waals surface area (Å²) in [6, 6.07) is 9.80. The van der Waals surface area contributed by atoms with Crippen molar-refractivity contribution in [2.75, 3.05) is 18.5 Å². The van der Waals surface area contributed by atoms with E-state index in [9.17, 15) is 27.9 Å². The normalized spacial score (nSPS) is 11.1. The van der Waals surface area contributed by atoms with E-state index in [0.717, 1.165) is 12.1 Å². The molecule has 0 fully saturated rings. The summed E-state index contributed by atoms with van der Waals surface area (Å²) in [6.07, 6.45) is 0. The number of aliphatic hydroxyl groups excluding tert-OH is 1. The van der Waals surface area contributed by atoms with E-state index in [4.69, 9.17) is 5.11 Å². The molecule has 0 bridgehead atoms. The second-order valence-corrected chi connectivity index (χ2v) is 6.27. The van der Waals surface area contributed by atoms with Crippen LogP contribution in [0.5, 0.6) is 0 Å². The van der Waals surface area contributed by atoms with E-state index < -0.39 is 37.0 Å². The van der Waals surface area contributed by atoms with Gasteiger partial charge in [-0.15, -0.1) is 0 Å². The fourth-order valence-electron chi connectivity index (χ4n) is 2.27. The molecule has 0 aliphatic heterocycles. The number of nitro groups is 1. The molecule has 3 N–H and O–H groups in total. The van der Waals surface area contributed by atoms with Crippen molar-refractivity contribution in [2.45, 2.75) is 4.90 Å². The number of ketones is 1. The molecule has 0 saturated carbocycles. The van der Waals surface area contributed by atoms with Crippen molar-refractivity contribution in [1.29, 1.82) is 0 Å². The number of rotatable bonds is 7. The van der Waals surface area contributed by atoms with Crippen LogP contribution in [-0.2, 0) is 10.1 Å². The SMILES string of the molecule is O=C(c1ccccc1)c1ccc(NCCO)c([N+](=O)[O-])c1S(=O)(=O)O. The predicted octanol–water partition coefficient (Wildman–Crippen LogP) is 1.48. The van der Waals surface area contributed by atoms with Crippen LogP contribution in [0, 0.1) is 10.1 Å². The zero-order chi connectivity index (χ0) is 18.6. The van der Waals surface area contributed by atoms with Crippen molar-refractivity contribution in [3.05, 3.63) is 63.7 Å². The lowest BCUT2D eigenvalue weighted by Crippen LogP contribution is -2.15. The van der Waals surface area contributed by atoms with E-state index in [1.54, 1.807) is 18.2 Å². The van der Waals surface area contributed by atoms with Gasteiger partial charge in [0.2, 0.25) is 0 Å². The summed E-state index contributed by atoms with van der Waals surface area (Å²) in [4.78, 5) is 21.8. The average Bonchev–Trinajstić information content (AvgIpc) is 2.58. The van der Waals surface area contributed by atoms with Gasteiger partial charge in [-0.2, -0.15) is 8.42 Å². The van der Waals surface area contributed by atoms with E-state index in [-0.39, 0.29) is 24.4 Å². The molecule has 0 saturated heterocycles. The summed E-state index contributed by atoms with van der Waals surface area (Å²) < 4.78 is 33.0. The minimum atomic E-state index is -5.07. The van der Waals surface area contributed by atoms with Gasteiger partial charge < -0.3 is 10.4 Å². The maximum Gasteiger partial charge on any atom is 0.314 e. The fourth-order valence-corrected chi connectivity index (χ4v) is 3.14. The fraction of sp³-hybridized carbons (Fsp3) is 0.133. The molecule has 0 amide bonds. The number of nitrogens with zero attached hydrogens (tertiary/aromatic N) is 1. The Hall–Kier alpha value is -2.82. The molecule has 132 valence electrons. The van der Waals surface area contributed by atoms with Crippen LogP contribution in [0.1, 0.15) is 15.9 Å². The number of anilines is 1. The lowest BCUT2D eigenvalue weighted by Gasteiger charge is -2.12. The van der Waals surface area contributed by atoms with E-state index in [1.165, 1.54) is 12.1 Å². The molecule has 2 aromatic carbocycles. The first-order chi connectivity index (χ1) is 11.8. The van der Waals surface area contributed by atoms with Crippen LogP contribution in [0.3, 0.4) is 0 Å². The largest absolute Gasteiger partial charge is 0.395 e. The highest BCUT2D eigenvalue weighted by atomic mass is 32.2. The summed E-state index contributed by atoms with van der Waals surface area (Å²) in [7, 11) is -5.07. The molecular weight excluding hydrogens is 352 g/mol. The Balaban J connectivity index is 2.75. The minimum Gasteiger partial charge on any atom is -0.395 e. The van der Waals surface area contributed by atoms with Gasteiger partial charge in [0.05, 0.1) is 17.1 Å². The van der Waals surface area contributed by atoms with Crippen LogP contribution in [0.25, 0.3) is 0 Å². The van der Waals surface area contributed by atoms with Gasteiger partial charge >= 0.3 is 15.8 Å². The topological polar surface area (TPSA) is 147 Å². The highest BCUT2D eigenvalue weighted by molar-refractivity contribution is 7.86. The van der Waals surface area contributed by atoms with E-state index in [0.29, 0.717) is 0 Å². The quantitative estimate of drug-likeness (QED) is 0.289. The molecule has 9 nitrogen and oxygen atoms in total. The molecule has 0 radical (unpaired) electrons. The number of benzene rings is 2. The number of nitro benzene ring substituents is 1. The van der Waals surface area contributed by atoms with Gasteiger partial charge in [0.25, 0.3) is 0 Å². The highest BCUT2D eigenvalue weighted by Gasteiger charge is 2.34. The summed E-state index contributed by atoms with van der Waals surface area (Å²) >= 11 is 0. The Labute approximate surface area is 142 Å². The molecule has 10 heteroatoms. The van der Waals surface area contributed by atoms with Gasteiger partial charge in [0.1, 0.15) is 5.69 Å². The number of hydrogen-bond acceptors (Lipinski definition) is 7. The van der Waals surface area contributed by atoms with E-state index in [1.807, 2.05) is 0 Å². The third-order valence-electron chi connectivity index (χ3n) is 3.28. The zero-order valence-corrected chi connectivity index (χ0v) is 13.6. The van der Waals surface area contributed by atoms with Gasteiger partial charge in [-0.3, -0.25) is 19.5 Å². The van der Waals surface area contributed by atoms with E-state index in [2.05, 4.69) is 5.32 Å². The second-order valence-electron chi connectivity index (χ2n) is 4.92. The molecule has 0 atom stereocenters. The molecule has 25 heavy (non-hydrogen) atoms. The van der Waals surface area contributed by atoms with Crippen LogP contribution in [0.4, 0.5) is 11.4 Å². The van der Waals surface area contributed by atoms with Crippen molar-refractivity contribution in [3.63, 3.8) is 0 Å². The molecule has 0 aromatic heterocycles. The Morgan fingerprint density at radius 1 is 1.16 bits per heavy atom. The number of carbonyl (C=O) groups is 1. The first-order valence-electron chi connectivity index (χ1n) is 7.00. The molecule has 0 aliphatic carbocycles. The standard InChI is InChI=1S/C15H14N2O7S/c18-9-8-16-12-7-6-11(14(19)10-4-2-1-3-5-10)15(25(22,23)24)13(12)17(20)21/h1-7,16,18H,8-9H2,(H,22,23,24). The number of hydrogen-bond donors (Lipinski definition) is 3. The van der Waals surface area contributed by atoms with Crippen molar-refractivity contribution in [2.24, 2.45) is 0 Å². The smallest absolute Gasteiger partial charge is 0.314 e. The maximum atomic E-state index is 12.6. The van der Waals surface area contributed by atoms with Gasteiger partial charge in [0.15, 0.2) is 10.7 Å².